The molecule has 36 heavy (non-hydrogen) atoms. The predicted octanol–water partition coefficient (Wildman–Crippen LogP) is 7.03. The topological polar surface area (TPSA) is 32.3 Å². The van der Waals surface area contributed by atoms with Crippen LogP contribution in [0.3, 0.4) is 0 Å². The molecule has 1 saturated heterocycles. The highest BCUT2D eigenvalue weighted by Gasteiger charge is 2.37. The van der Waals surface area contributed by atoms with Crippen molar-refractivity contribution in [3.05, 3.63) is 76.1 Å². The van der Waals surface area contributed by atoms with Crippen LogP contribution in [0.25, 0.3) is 5.57 Å². The van der Waals surface area contributed by atoms with E-state index in [-0.39, 0.29) is 30.5 Å². The van der Waals surface area contributed by atoms with Gasteiger partial charge in [-0.2, -0.15) is 26.3 Å². The van der Waals surface area contributed by atoms with Crippen molar-refractivity contribution in [2.75, 3.05) is 20.1 Å². The Labute approximate surface area is 210 Å². The van der Waals surface area contributed by atoms with Crippen molar-refractivity contribution in [3.8, 4) is 0 Å². The zero-order chi connectivity index (χ0) is 26.0. The molecule has 1 fully saturated rings. The molecule has 1 heterocycles. The highest BCUT2D eigenvalue weighted by atomic mass is 35.5. The van der Waals surface area contributed by atoms with Gasteiger partial charge in [-0.25, -0.2) is 4.39 Å². The minimum atomic E-state index is -4.98. The van der Waals surface area contributed by atoms with E-state index in [4.69, 9.17) is 0 Å². The summed E-state index contributed by atoms with van der Waals surface area (Å²) in [6, 6.07) is 5.93. The largest absolute Gasteiger partial charge is 0.416 e. The molecule has 0 radical (unpaired) electrons. The quantitative estimate of drug-likeness (QED) is 0.414. The molecule has 198 valence electrons. The fraction of sp³-hybridized carbons (Fsp3) is 0.400. The molecule has 0 bridgehead atoms. The molecule has 1 N–H and O–H groups in total. The lowest BCUT2D eigenvalue weighted by atomic mass is 9.91. The summed E-state index contributed by atoms with van der Waals surface area (Å²) >= 11 is 0. The van der Waals surface area contributed by atoms with Gasteiger partial charge in [0, 0.05) is 7.05 Å². The Morgan fingerprint density at radius 2 is 1.44 bits per heavy atom. The normalized spacial score (nSPS) is 15.2. The molecular weight excluding hydrogens is 513 g/mol. The number of piperidine rings is 1. The number of carbonyl (C=O) groups is 1. The first-order valence-electron chi connectivity index (χ1n) is 11.0. The molecule has 0 aliphatic carbocycles. The second kappa shape index (κ2) is 11.6. The first kappa shape index (κ1) is 29.6. The van der Waals surface area contributed by atoms with Crippen LogP contribution in [0.5, 0.6) is 0 Å². The molecule has 3 nitrogen and oxygen atoms in total. The number of alkyl halides is 6. The molecule has 0 unspecified atom stereocenters. The average molecular weight is 539 g/mol. The van der Waals surface area contributed by atoms with Crippen molar-refractivity contribution in [2.24, 2.45) is 0 Å². The summed E-state index contributed by atoms with van der Waals surface area (Å²) in [5, 5.41) is 3.21. The number of hydrogen-bond acceptors (Lipinski definition) is 2. The van der Waals surface area contributed by atoms with Crippen LogP contribution in [0.4, 0.5) is 30.7 Å². The van der Waals surface area contributed by atoms with Crippen molar-refractivity contribution in [1.82, 2.24) is 10.2 Å². The Morgan fingerprint density at radius 3 is 1.92 bits per heavy atom. The van der Waals surface area contributed by atoms with Gasteiger partial charge in [-0.1, -0.05) is 17.7 Å². The zero-order valence-corrected chi connectivity index (χ0v) is 20.4. The number of amides is 1. The van der Waals surface area contributed by atoms with Crippen LogP contribution in [0, 0.1) is 5.82 Å². The lowest BCUT2D eigenvalue weighted by Crippen LogP contribution is -2.31. The Morgan fingerprint density at radius 1 is 0.944 bits per heavy atom. The second-order valence-electron chi connectivity index (χ2n) is 8.54. The molecule has 1 atom stereocenters. The number of nitrogens with one attached hydrogen (secondary N) is 1. The number of nitrogens with zero attached hydrogens (tertiary/aromatic N) is 1. The second-order valence-corrected chi connectivity index (χ2v) is 8.54. The van der Waals surface area contributed by atoms with Crippen molar-refractivity contribution in [3.63, 3.8) is 0 Å². The molecule has 1 amide bonds. The summed E-state index contributed by atoms with van der Waals surface area (Å²) in [7, 11) is 1.34. The highest BCUT2D eigenvalue weighted by Crippen LogP contribution is 2.38. The molecular formula is C25H26ClF7N2O. The maximum absolute atomic E-state index is 13.4. The third kappa shape index (κ3) is 7.22. The van der Waals surface area contributed by atoms with Crippen LogP contribution in [0.15, 0.2) is 48.0 Å². The van der Waals surface area contributed by atoms with E-state index in [1.807, 2.05) is 0 Å². The van der Waals surface area contributed by atoms with Gasteiger partial charge in [0.1, 0.15) is 5.82 Å². The first-order valence-corrected chi connectivity index (χ1v) is 11.0. The summed E-state index contributed by atoms with van der Waals surface area (Å²) in [4.78, 5) is 14.3. The molecule has 2 aromatic carbocycles. The SMILES string of the molecule is C[C@@H](c1cc(C(F)(F)F)cc(C(F)(F)F)c1)N(C)C(=O)CC(=C1CCNCC1)c1ccc(F)cc1.Cl. The van der Waals surface area contributed by atoms with E-state index < -0.39 is 41.2 Å². The molecule has 2 aromatic rings. The van der Waals surface area contributed by atoms with Crippen LogP contribution in [0.1, 0.15) is 54.5 Å². The summed E-state index contributed by atoms with van der Waals surface area (Å²) in [6.45, 7) is 2.78. The van der Waals surface area contributed by atoms with Gasteiger partial charge in [0.15, 0.2) is 0 Å². The number of carbonyl (C=O) groups excluding carboxylic acids is 1. The van der Waals surface area contributed by atoms with E-state index in [9.17, 15) is 35.5 Å². The van der Waals surface area contributed by atoms with Crippen molar-refractivity contribution < 1.29 is 35.5 Å². The van der Waals surface area contributed by atoms with Gasteiger partial charge in [-0.15, -0.1) is 12.4 Å². The molecule has 11 heteroatoms. The van der Waals surface area contributed by atoms with Crippen molar-refractivity contribution in [2.45, 2.75) is 44.6 Å². The van der Waals surface area contributed by atoms with Gasteiger partial charge in [0.2, 0.25) is 5.91 Å². The molecule has 0 saturated carbocycles. The summed E-state index contributed by atoms with van der Waals surface area (Å²) in [5.41, 5.74) is -0.798. The Kier molecular flexibility index (Phi) is 9.58. The van der Waals surface area contributed by atoms with Gasteiger partial charge < -0.3 is 10.2 Å². The monoisotopic (exact) mass is 538 g/mol. The van der Waals surface area contributed by atoms with E-state index in [0.717, 1.165) is 10.5 Å². The van der Waals surface area contributed by atoms with Crippen LogP contribution in [0.2, 0.25) is 0 Å². The summed E-state index contributed by atoms with van der Waals surface area (Å²) < 4.78 is 93.1. The number of benzene rings is 2. The summed E-state index contributed by atoms with van der Waals surface area (Å²) in [6.07, 6.45) is -8.74. The van der Waals surface area contributed by atoms with Gasteiger partial charge in [0.05, 0.1) is 23.6 Å². The number of rotatable bonds is 5. The highest BCUT2D eigenvalue weighted by molar-refractivity contribution is 5.90. The third-order valence-corrected chi connectivity index (χ3v) is 6.22. The fourth-order valence-corrected chi connectivity index (χ4v) is 4.05. The summed E-state index contributed by atoms with van der Waals surface area (Å²) in [5.74, 6) is -0.917. The predicted molar refractivity (Wildman–Crippen MR) is 125 cm³/mol. The van der Waals surface area contributed by atoms with Crippen molar-refractivity contribution in [1.29, 1.82) is 0 Å². The molecule has 3 rings (SSSR count). The van der Waals surface area contributed by atoms with Crippen LogP contribution in [-0.4, -0.2) is 30.9 Å². The smallest absolute Gasteiger partial charge is 0.339 e. The van der Waals surface area contributed by atoms with E-state index >= 15 is 0 Å². The standard InChI is InChI=1S/C25H25F7N2O.ClH/c1-15(18-11-19(24(27,28)29)13-20(12-18)25(30,31)32)34(2)23(35)14-22(17-7-9-33-10-8-17)16-3-5-21(26)6-4-16;/h3-6,11-13,15,33H,7-10,14H2,1-2H3;1H/t15-;/m0./s1. The molecule has 1 aliphatic heterocycles. The maximum Gasteiger partial charge on any atom is 0.416 e. The maximum atomic E-state index is 13.4. The lowest BCUT2D eigenvalue weighted by Gasteiger charge is -2.28. The lowest BCUT2D eigenvalue weighted by molar-refractivity contribution is -0.143. The number of hydrogen-bond donors (Lipinski definition) is 1. The van der Waals surface area contributed by atoms with Crippen LogP contribution in [-0.2, 0) is 17.1 Å². The minimum absolute atomic E-state index is 0. The third-order valence-electron chi connectivity index (χ3n) is 6.22. The van der Waals surface area contributed by atoms with E-state index in [0.29, 0.717) is 49.2 Å². The fourth-order valence-electron chi connectivity index (χ4n) is 4.05. The Hall–Kier alpha value is -2.59. The van der Waals surface area contributed by atoms with Gasteiger partial charge in [0.25, 0.3) is 0 Å². The van der Waals surface area contributed by atoms with Gasteiger partial charge in [-0.05, 0) is 79.9 Å². The van der Waals surface area contributed by atoms with Crippen LogP contribution >= 0.6 is 12.4 Å². The average Bonchev–Trinajstić information content (AvgIpc) is 2.81. The first-order chi connectivity index (χ1) is 16.3. The number of halogens is 8. The molecule has 1 aliphatic rings. The molecule has 0 aromatic heterocycles. The molecule has 0 spiro atoms. The van der Waals surface area contributed by atoms with Crippen LogP contribution < -0.4 is 5.32 Å². The zero-order valence-electron chi connectivity index (χ0n) is 19.6. The van der Waals surface area contributed by atoms with E-state index in [1.165, 1.54) is 26.1 Å². The minimum Gasteiger partial charge on any atom is -0.339 e. The van der Waals surface area contributed by atoms with E-state index in [2.05, 4.69) is 5.32 Å². The van der Waals surface area contributed by atoms with Gasteiger partial charge in [-0.3, -0.25) is 4.79 Å². The van der Waals surface area contributed by atoms with Crippen molar-refractivity contribution >= 4 is 23.9 Å². The Balaban J connectivity index is 0.00000456. The Bertz CT molecular complexity index is 1050. The van der Waals surface area contributed by atoms with Gasteiger partial charge >= 0.3 is 12.4 Å². The van der Waals surface area contributed by atoms with E-state index in [1.54, 1.807) is 12.1 Å².